The van der Waals surface area contributed by atoms with Gasteiger partial charge in [0, 0.05) is 6.42 Å². The number of methoxy groups -OCH3 is 1. The van der Waals surface area contributed by atoms with Gasteiger partial charge in [-0.2, -0.15) is 0 Å². The van der Waals surface area contributed by atoms with Gasteiger partial charge in [0.25, 0.3) is 0 Å². The van der Waals surface area contributed by atoms with E-state index >= 15 is 0 Å². The molecule has 0 N–H and O–H groups in total. The minimum Gasteiger partial charge on any atom is -0.469 e. The standard InChI is InChI=1S/C26H40O2/c1-4-5-6-9-12-22-16-19-24(20-17-22)26-21(2)15-18-23(26)13-10-7-8-11-14-25(27)28-3/h7,10,16-17,19-21,23,26H,4-6,8-9,11-15,18H2,1-3H3/b10-7-/t21-,23+,26?/m1/s1. The number of rotatable bonds is 12. The Bertz CT molecular complexity index is 587. The van der Waals surface area contributed by atoms with E-state index in [9.17, 15) is 4.79 Å². The normalized spacial score (nSPS) is 22.0. The summed E-state index contributed by atoms with van der Waals surface area (Å²) >= 11 is 0. The van der Waals surface area contributed by atoms with Crippen molar-refractivity contribution in [2.45, 2.75) is 90.4 Å². The lowest BCUT2D eigenvalue weighted by molar-refractivity contribution is -0.140. The van der Waals surface area contributed by atoms with Crippen molar-refractivity contribution in [3.8, 4) is 0 Å². The Hall–Kier alpha value is -1.57. The van der Waals surface area contributed by atoms with Crippen molar-refractivity contribution in [1.29, 1.82) is 0 Å². The number of hydrogen-bond donors (Lipinski definition) is 0. The van der Waals surface area contributed by atoms with E-state index in [2.05, 4.69) is 50.3 Å². The van der Waals surface area contributed by atoms with Gasteiger partial charge in [-0.05, 0) is 73.8 Å². The Balaban J connectivity index is 1.82. The van der Waals surface area contributed by atoms with Crippen LogP contribution in [0.25, 0.3) is 0 Å². The zero-order chi connectivity index (χ0) is 20.2. The van der Waals surface area contributed by atoms with Crippen LogP contribution in [0.2, 0.25) is 0 Å². The second-order valence-corrected chi connectivity index (χ2v) is 8.57. The Kier molecular flexibility index (Phi) is 10.4. The zero-order valence-electron chi connectivity index (χ0n) is 18.3. The van der Waals surface area contributed by atoms with Crippen molar-refractivity contribution >= 4 is 5.97 Å². The number of carbonyl (C=O) groups excluding carboxylic acids is 1. The van der Waals surface area contributed by atoms with Crippen molar-refractivity contribution in [2.75, 3.05) is 7.11 Å². The molecule has 1 saturated carbocycles. The highest BCUT2D eigenvalue weighted by Gasteiger charge is 2.33. The predicted molar refractivity (Wildman–Crippen MR) is 119 cm³/mol. The highest BCUT2D eigenvalue weighted by molar-refractivity contribution is 5.69. The lowest BCUT2D eigenvalue weighted by atomic mass is 9.82. The molecule has 0 saturated heterocycles. The summed E-state index contributed by atoms with van der Waals surface area (Å²) in [6.45, 7) is 4.69. The van der Waals surface area contributed by atoms with E-state index in [1.165, 1.54) is 63.2 Å². The topological polar surface area (TPSA) is 26.3 Å². The second kappa shape index (κ2) is 12.8. The van der Waals surface area contributed by atoms with Crippen molar-refractivity contribution in [2.24, 2.45) is 11.8 Å². The summed E-state index contributed by atoms with van der Waals surface area (Å²) in [5.74, 6) is 2.11. The molecule has 1 aromatic carbocycles. The van der Waals surface area contributed by atoms with E-state index in [1.807, 2.05) is 0 Å². The van der Waals surface area contributed by atoms with Crippen LogP contribution in [0, 0.1) is 11.8 Å². The maximum absolute atomic E-state index is 11.2. The van der Waals surface area contributed by atoms with E-state index in [-0.39, 0.29) is 5.97 Å². The fourth-order valence-electron chi connectivity index (χ4n) is 4.68. The number of unbranched alkanes of at least 4 members (excludes halogenated alkanes) is 4. The average molecular weight is 385 g/mol. The van der Waals surface area contributed by atoms with Gasteiger partial charge in [-0.25, -0.2) is 0 Å². The number of esters is 1. The van der Waals surface area contributed by atoms with Crippen LogP contribution in [0.1, 0.15) is 95.1 Å². The van der Waals surface area contributed by atoms with Gasteiger partial charge in [-0.15, -0.1) is 0 Å². The fraction of sp³-hybridized carbons (Fsp3) is 0.654. The van der Waals surface area contributed by atoms with E-state index in [0.717, 1.165) is 31.1 Å². The molecule has 1 aromatic rings. The van der Waals surface area contributed by atoms with Crippen LogP contribution in [-0.4, -0.2) is 13.1 Å². The molecule has 2 rings (SSSR count). The second-order valence-electron chi connectivity index (χ2n) is 8.57. The van der Waals surface area contributed by atoms with E-state index < -0.39 is 0 Å². The molecule has 1 fully saturated rings. The first-order valence-electron chi connectivity index (χ1n) is 11.5. The van der Waals surface area contributed by atoms with Crippen LogP contribution in [0.4, 0.5) is 0 Å². The van der Waals surface area contributed by atoms with Gasteiger partial charge in [0.2, 0.25) is 0 Å². The number of carbonyl (C=O) groups is 1. The molecular formula is C26H40O2. The summed E-state index contributed by atoms with van der Waals surface area (Å²) in [4.78, 5) is 11.2. The van der Waals surface area contributed by atoms with Crippen LogP contribution < -0.4 is 0 Å². The molecule has 0 aromatic heterocycles. The highest BCUT2D eigenvalue weighted by atomic mass is 16.5. The van der Waals surface area contributed by atoms with Gasteiger partial charge < -0.3 is 4.74 Å². The van der Waals surface area contributed by atoms with E-state index in [4.69, 9.17) is 4.74 Å². The number of allylic oxidation sites excluding steroid dienone is 2. The number of benzene rings is 1. The van der Waals surface area contributed by atoms with Crippen LogP contribution in [-0.2, 0) is 16.0 Å². The third-order valence-electron chi connectivity index (χ3n) is 6.38. The predicted octanol–water partition coefficient (Wildman–Crippen LogP) is 7.23. The van der Waals surface area contributed by atoms with Crippen LogP contribution in [0.15, 0.2) is 36.4 Å². The fourth-order valence-corrected chi connectivity index (χ4v) is 4.68. The quantitative estimate of drug-likeness (QED) is 0.216. The molecule has 0 bridgehead atoms. The Labute approximate surface area is 172 Å². The Morgan fingerprint density at radius 2 is 1.86 bits per heavy atom. The molecule has 0 heterocycles. The molecule has 2 heteroatoms. The summed E-state index contributed by atoms with van der Waals surface area (Å²) in [6.07, 6.45) is 17.3. The van der Waals surface area contributed by atoms with Crippen molar-refractivity contribution in [3.63, 3.8) is 0 Å². The van der Waals surface area contributed by atoms with Crippen molar-refractivity contribution in [1.82, 2.24) is 0 Å². The molecule has 0 radical (unpaired) electrons. The first-order chi connectivity index (χ1) is 13.7. The van der Waals surface area contributed by atoms with Crippen molar-refractivity contribution in [3.05, 3.63) is 47.5 Å². The molecule has 156 valence electrons. The van der Waals surface area contributed by atoms with Gasteiger partial charge in [-0.3, -0.25) is 4.79 Å². The minimum atomic E-state index is -0.105. The number of ether oxygens (including phenoxy) is 1. The summed E-state index contributed by atoms with van der Waals surface area (Å²) < 4.78 is 4.69. The SMILES string of the molecule is CCCCCCc1ccc(C2[C@@H](C/C=C\CCCC(=O)OC)CC[C@H]2C)cc1. The summed E-state index contributed by atoms with van der Waals surface area (Å²) in [5, 5.41) is 0. The minimum absolute atomic E-state index is 0.105. The van der Waals surface area contributed by atoms with Crippen molar-refractivity contribution < 1.29 is 9.53 Å². The molecule has 0 aliphatic heterocycles. The number of hydrogen-bond acceptors (Lipinski definition) is 2. The molecule has 2 nitrogen and oxygen atoms in total. The molecule has 3 atom stereocenters. The Morgan fingerprint density at radius 3 is 2.57 bits per heavy atom. The third-order valence-corrected chi connectivity index (χ3v) is 6.38. The van der Waals surface area contributed by atoms with E-state index in [0.29, 0.717) is 12.3 Å². The van der Waals surface area contributed by atoms with Gasteiger partial charge in [0.15, 0.2) is 0 Å². The van der Waals surface area contributed by atoms with Gasteiger partial charge in [0.1, 0.15) is 0 Å². The lowest BCUT2D eigenvalue weighted by Crippen LogP contribution is -2.11. The smallest absolute Gasteiger partial charge is 0.305 e. The van der Waals surface area contributed by atoms with E-state index in [1.54, 1.807) is 0 Å². The monoisotopic (exact) mass is 384 g/mol. The maximum Gasteiger partial charge on any atom is 0.305 e. The zero-order valence-corrected chi connectivity index (χ0v) is 18.3. The van der Waals surface area contributed by atoms with Crippen LogP contribution >= 0.6 is 0 Å². The molecule has 0 spiro atoms. The molecule has 1 unspecified atom stereocenters. The first-order valence-corrected chi connectivity index (χ1v) is 11.5. The molecule has 1 aliphatic carbocycles. The Morgan fingerprint density at radius 1 is 1.07 bits per heavy atom. The summed E-state index contributed by atoms with van der Waals surface area (Å²) in [6, 6.07) is 9.53. The number of aryl methyl sites for hydroxylation is 1. The third kappa shape index (κ3) is 7.45. The van der Waals surface area contributed by atoms with Gasteiger partial charge >= 0.3 is 5.97 Å². The highest BCUT2D eigenvalue weighted by Crippen LogP contribution is 2.45. The molecule has 1 aliphatic rings. The lowest BCUT2D eigenvalue weighted by Gasteiger charge is -2.23. The molecule has 28 heavy (non-hydrogen) atoms. The van der Waals surface area contributed by atoms with Crippen LogP contribution in [0.5, 0.6) is 0 Å². The largest absolute Gasteiger partial charge is 0.469 e. The average Bonchev–Trinajstić information content (AvgIpc) is 3.08. The summed E-state index contributed by atoms with van der Waals surface area (Å²) in [7, 11) is 1.46. The van der Waals surface area contributed by atoms with Gasteiger partial charge in [-0.1, -0.05) is 69.5 Å². The molecular weight excluding hydrogens is 344 g/mol. The first kappa shape index (κ1) is 22.7. The molecule has 0 amide bonds. The summed E-state index contributed by atoms with van der Waals surface area (Å²) in [5.41, 5.74) is 3.03. The van der Waals surface area contributed by atoms with Crippen LogP contribution in [0.3, 0.4) is 0 Å². The maximum atomic E-state index is 11.2. The van der Waals surface area contributed by atoms with Gasteiger partial charge in [0.05, 0.1) is 7.11 Å².